The van der Waals surface area contributed by atoms with E-state index < -0.39 is 0 Å². The first-order valence-corrected chi connectivity index (χ1v) is 6.30. The molecule has 16 heavy (non-hydrogen) atoms. The van der Waals surface area contributed by atoms with Crippen LogP contribution >= 0.6 is 0 Å². The zero-order valence-electron chi connectivity index (χ0n) is 10.7. The van der Waals surface area contributed by atoms with E-state index in [4.69, 9.17) is 5.73 Å². The molecule has 0 aliphatic rings. The summed E-state index contributed by atoms with van der Waals surface area (Å²) in [5.41, 5.74) is 8.58. The summed E-state index contributed by atoms with van der Waals surface area (Å²) in [6, 6.07) is 8.59. The van der Waals surface area contributed by atoms with E-state index in [0.29, 0.717) is 0 Å². The molecule has 0 aromatic heterocycles. The van der Waals surface area contributed by atoms with Gasteiger partial charge in [0.15, 0.2) is 0 Å². The lowest BCUT2D eigenvalue weighted by molar-refractivity contribution is 0.727. The standard InChI is InChI=1S/C14H24N2/c1-4-10-16(11-5-2)14-9-7-6-8-13(14)12(3)15/h6-9,12H,4-5,10-11,15H2,1-3H3/t12-/m0/s1. The number of anilines is 1. The van der Waals surface area contributed by atoms with E-state index in [9.17, 15) is 0 Å². The lowest BCUT2D eigenvalue weighted by Gasteiger charge is -2.27. The molecular weight excluding hydrogens is 196 g/mol. The van der Waals surface area contributed by atoms with Crippen LogP contribution in [0.5, 0.6) is 0 Å². The lowest BCUT2D eigenvalue weighted by Crippen LogP contribution is -2.27. The van der Waals surface area contributed by atoms with Crippen LogP contribution in [0.4, 0.5) is 5.69 Å². The number of para-hydroxylation sites is 1. The van der Waals surface area contributed by atoms with Crippen molar-refractivity contribution in [3.05, 3.63) is 29.8 Å². The Morgan fingerprint density at radius 3 is 2.19 bits per heavy atom. The molecule has 0 spiro atoms. The van der Waals surface area contributed by atoms with Gasteiger partial charge in [0.2, 0.25) is 0 Å². The molecule has 0 unspecified atom stereocenters. The predicted molar refractivity (Wildman–Crippen MR) is 71.8 cm³/mol. The number of hydrogen-bond acceptors (Lipinski definition) is 2. The second-order valence-corrected chi connectivity index (χ2v) is 4.33. The van der Waals surface area contributed by atoms with Crippen LogP contribution in [0.3, 0.4) is 0 Å². The molecule has 1 aromatic carbocycles. The maximum Gasteiger partial charge on any atom is 0.0414 e. The molecular formula is C14H24N2. The first kappa shape index (κ1) is 13.0. The molecule has 0 radical (unpaired) electrons. The highest BCUT2D eigenvalue weighted by molar-refractivity contribution is 5.54. The van der Waals surface area contributed by atoms with Gasteiger partial charge in [-0.15, -0.1) is 0 Å². The molecule has 1 atom stereocenters. The summed E-state index contributed by atoms with van der Waals surface area (Å²) in [5, 5.41) is 0. The second-order valence-electron chi connectivity index (χ2n) is 4.33. The van der Waals surface area contributed by atoms with Crippen molar-refractivity contribution in [2.24, 2.45) is 5.73 Å². The third-order valence-electron chi connectivity index (χ3n) is 2.76. The minimum absolute atomic E-state index is 0.104. The zero-order valence-corrected chi connectivity index (χ0v) is 10.7. The van der Waals surface area contributed by atoms with Crippen LogP contribution in [-0.4, -0.2) is 13.1 Å². The molecule has 2 N–H and O–H groups in total. The van der Waals surface area contributed by atoms with Gasteiger partial charge in [-0.05, 0) is 31.4 Å². The summed E-state index contributed by atoms with van der Waals surface area (Å²) in [6.07, 6.45) is 2.35. The smallest absolute Gasteiger partial charge is 0.0414 e. The maximum absolute atomic E-state index is 6.02. The Hall–Kier alpha value is -1.02. The number of rotatable bonds is 6. The van der Waals surface area contributed by atoms with Crippen molar-refractivity contribution in [2.45, 2.75) is 39.7 Å². The van der Waals surface area contributed by atoms with Gasteiger partial charge in [-0.25, -0.2) is 0 Å². The molecule has 2 nitrogen and oxygen atoms in total. The SMILES string of the molecule is CCCN(CCC)c1ccccc1[C@H](C)N. The van der Waals surface area contributed by atoms with E-state index in [1.807, 2.05) is 0 Å². The van der Waals surface area contributed by atoms with Crippen molar-refractivity contribution in [1.82, 2.24) is 0 Å². The van der Waals surface area contributed by atoms with Crippen molar-refractivity contribution in [3.63, 3.8) is 0 Å². The molecule has 0 heterocycles. The fourth-order valence-electron chi connectivity index (χ4n) is 2.05. The highest BCUT2D eigenvalue weighted by Gasteiger charge is 2.11. The monoisotopic (exact) mass is 220 g/mol. The summed E-state index contributed by atoms with van der Waals surface area (Å²) >= 11 is 0. The minimum atomic E-state index is 0.104. The molecule has 1 aromatic rings. The number of nitrogens with two attached hydrogens (primary N) is 1. The van der Waals surface area contributed by atoms with Gasteiger partial charge in [0.05, 0.1) is 0 Å². The number of benzene rings is 1. The van der Waals surface area contributed by atoms with Gasteiger partial charge >= 0.3 is 0 Å². The molecule has 0 amide bonds. The van der Waals surface area contributed by atoms with Gasteiger partial charge in [-0.2, -0.15) is 0 Å². The Kier molecular flexibility index (Phi) is 5.33. The maximum atomic E-state index is 6.02. The van der Waals surface area contributed by atoms with Crippen LogP contribution < -0.4 is 10.6 Å². The number of hydrogen-bond donors (Lipinski definition) is 1. The summed E-state index contributed by atoms with van der Waals surface area (Å²) in [5.74, 6) is 0. The summed E-state index contributed by atoms with van der Waals surface area (Å²) in [6.45, 7) is 8.71. The van der Waals surface area contributed by atoms with E-state index in [1.165, 1.54) is 24.1 Å². The van der Waals surface area contributed by atoms with Gasteiger partial charge in [-0.1, -0.05) is 32.0 Å². The third-order valence-corrected chi connectivity index (χ3v) is 2.76. The molecule has 0 fully saturated rings. The normalized spacial score (nSPS) is 12.5. The third kappa shape index (κ3) is 3.24. The summed E-state index contributed by atoms with van der Waals surface area (Å²) in [7, 11) is 0. The van der Waals surface area contributed by atoms with Crippen molar-refractivity contribution in [1.29, 1.82) is 0 Å². The van der Waals surface area contributed by atoms with Gasteiger partial charge in [0.1, 0.15) is 0 Å². The second kappa shape index (κ2) is 6.54. The molecule has 2 heteroatoms. The van der Waals surface area contributed by atoms with Crippen molar-refractivity contribution < 1.29 is 0 Å². The van der Waals surface area contributed by atoms with Crippen LogP contribution in [0.2, 0.25) is 0 Å². The predicted octanol–water partition coefficient (Wildman–Crippen LogP) is 3.33. The zero-order chi connectivity index (χ0) is 12.0. The van der Waals surface area contributed by atoms with Gasteiger partial charge < -0.3 is 10.6 Å². The summed E-state index contributed by atoms with van der Waals surface area (Å²) < 4.78 is 0. The molecule has 90 valence electrons. The first-order valence-electron chi connectivity index (χ1n) is 6.30. The Labute approximate surface area is 99.5 Å². The summed E-state index contributed by atoms with van der Waals surface area (Å²) in [4.78, 5) is 2.44. The fourth-order valence-corrected chi connectivity index (χ4v) is 2.05. The topological polar surface area (TPSA) is 29.3 Å². The fraction of sp³-hybridized carbons (Fsp3) is 0.571. The lowest BCUT2D eigenvalue weighted by atomic mass is 10.1. The van der Waals surface area contributed by atoms with E-state index in [0.717, 1.165) is 13.1 Å². The molecule has 0 saturated heterocycles. The van der Waals surface area contributed by atoms with Crippen LogP contribution in [-0.2, 0) is 0 Å². The molecule has 1 rings (SSSR count). The van der Waals surface area contributed by atoms with Crippen LogP contribution in [0.15, 0.2) is 24.3 Å². The van der Waals surface area contributed by atoms with Crippen molar-refractivity contribution in [3.8, 4) is 0 Å². The van der Waals surface area contributed by atoms with Gasteiger partial charge in [-0.3, -0.25) is 0 Å². The average molecular weight is 220 g/mol. The van der Waals surface area contributed by atoms with Gasteiger partial charge in [0.25, 0.3) is 0 Å². The number of nitrogens with zero attached hydrogens (tertiary/aromatic N) is 1. The molecule has 0 bridgehead atoms. The Morgan fingerprint density at radius 1 is 1.12 bits per heavy atom. The van der Waals surface area contributed by atoms with Crippen molar-refractivity contribution in [2.75, 3.05) is 18.0 Å². The first-order chi connectivity index (χ1) is 7.70. The Bertz CT molecular complexity index is 301. The minimum Gasteiger partial charge on any atom is -0.371 e. The van der Waals surface area contributed by atoms with Crippen LogP contribution in [0.25, 0.3) is 0 Å². The molecule has 0 aliphatic carbocycles. The van der Waals surface area contributed by atoms with Crippen LogP contribution in [0, 0.1) is 0 Å². The van der Waals surface area contributed by atoms with E-state index in [1.54, 1.807) is 0 Å². The Morgan fingerprint density at radius 2 is 1.69 bits per heavy atom. The van der Waals surface area contributed by atoms with Crippen molar-refractivity contribution >= 4 is 5.69 Å². The highest BCUT2D eigenvalue weighted by atomic mass is 15.1. The van der Waals surface area contributed by atoms with Gasteiger partial charge in [0, 0.05) is 24.8 Å². The van der Waals surface area contributed by atoms with E-state index >= 15 is 0 Å². The molecule has 0 aliphatic heterocycles. The quantitative estimate of drug-likeness (QED) is 0.796. The van der Waals surface area contributed by atoms with Crippen LogP contribution in [0.1, 0.15) is 45.2 Å². The average Bonchev–Trinajstić information content (AvgIpc) is 2.29. The largest absolute Gasteiger partial charge is 0.371 e. The van der Waals surface area contributed by atoms with E-state index in [-0.39, 0.29) is 6.04 Å². The molecule has 0 saturated carbocycles. The Balaban J connectivity index is 2.97. The van der Waals surface area contributed by atoms with E-state index in [2.05, 4.69) is 49.9 Å². The highest BCUT2D eigenvalue weighted by Crippen LogP contribution is 2.25.